The second-order valence-electron chi connectivity index (χ2n) is 7.28. The molecule has 4 N–H and O–H groups in total. The number of nitrogen functional groups attached to an aromatic ring is 1. The van der Waals surface area contributed by atoms with Crippen LogP contribution < -0.4 is 11.3 Å². The number of hydrogen-bond donors (Lipinski definition) is 3. The molecule has 4 atom stereocenters. The summed E-state index contributed by atoms with van der Waals surface area (Å²) < 4.78 is 16.4. The van der Waals surface area contributed by atoms with E-state index in [1.807, 2.05) is 0 Å². The third kappa shape index (κ3) is 6.82. The minimum atomic E-state index is -1.35. The van der Waals surface area contributed by atoms with Crippen LogP contribution >= 0.6 is 0 Å². The van der Waals surface area contributed by atoms with Gasteiger partial charge in [0.25, 0.3) is 5.56 Å². The summed E-state index contributed by atoms with van der Waals surface area (Å²) in [5.74, 6) is -0.647. The van der Waals surface area contributed by atoms with Crippen LogP contribution in [0, 0.1) is 0 Å². The summed E-state index contributed by atoms with van der Waals surface area (Å²) in [7, 11) is 1.36. The molecule has 1 fully saturated rings. The molecule has 10 heteroatoms. The largest absolute Gasteiger partial charge is 0.469 e. The third-order valence-corrected chi connectivity index (χ3v) is 4.98. The molecule has 0 saturated carbocycles. The number of hydrogen-bond acceptors (Lipinski definition) is 9. The first kappa shape index (κ1) is 23.8. The second-order valence-corrected chi connectivity index (χ2v) is 7.28. The third-order valence-electron chi connectivity index (χ3n) is 4.98. The Morgan fingerprint density at radius 1 is 1.10 bits per heavy atom. The molecule has 168 valence electrons. The van der Waals surface area contributed by atoms with Gasteiger partial charge in [0.1, 0.15) is 24.9 Å². The molecule has 0 radical (unpaired) electrons. The zero-order valence-corrected chi connectivity index (χ0v) is 17.1. The monoisotopic (exact) mass is 426 g/mol. The van der Waals surface area contributed by atoms with Gasteiger partial charge in [0.2, 0.25) is 0 Å². The molecule has 1 aromatic heterocycles. The molecule has 4 unspecified atom stereocenters. The molecule has 1 saturated heterocycles. The van der Waals surface area contributed by atoms with Crippen molar-refractivity contribution in [3.05, 3.63) is 28.7 Å². The van der Waals surface area contributed by atoms with Gasteiger partial charge in [0.05, 0.1) is 7.11 Å². The Hall–Kier alpha value is -2.43. The number of pyridine rings is 1. The number of anilines is 1. The number of carbonyl (C=O) groups is 2. The molecule has 0 aromatic carbocycles. The first-order valence-electron chi connectivity index (χ1n) is 10.0. The van der Waals surface area contributed by atoms with Crippen LogP contribution in [0.3, 0.4) is 0 Å². The summed E-state index contributed by atoms with van der Waals surface area (Å²) in [6.07, 6.45) is 1.33. The zero-order chi connectivity index (χ0) is 22.1. The zero-order valence-electron chi connectivity index (χ0n) is 17.1. The summed E-state index contributed by atoms with van der Waals surface area (Å²) >= 11 is 0. The van der Waals surface area contributed by atoms with Gasteiger partial charge >= 0.3 is 11.9 Å². The van der Waals surface area contributed by atoms with Crippen molar-refractivity contribution in [2.45, 2.75) is 69.5 Å². The fourth-order valence-electron chi connectivity index (χ4n) is 3.23. The standard InChI is InChI=1S/C20H30N2O8/c1-28-16(24)7-5-3-2-4-6-8-17(25)29-12-14-18(26)19(27)20(30-14)22-10-9-13(21)11-15(22)23/h9-11,14,18-20,26-27H,2-8,12,21H2,1H3. The van der Waals surface area contributed by atoms with Crippen molar-refractivity contribution in [2.24, 2.45) is 0 Å². The van der Waals surface area contributed by atoms with Crippen LogP contribution in [-0.2, 0) is 23.8 Å². The number of unbranched alkanes of at least 4 members (excludes halogenated alkanes) is 4. The van der Waals surface area contributed by atoms with Gasteiger partial charge in [-0.05, 0) is 18.9 Å². The predicted octanol–water partition coefficient (Wildman–Crippen LogP) is 0.497. The number of esters is 2. The van der Waals surface area contributed by atoms with Gasteiger partial charge < -0.3 is 30.2 Å². The first-order chi connectivity index (χ1) is 14.3. The number of nitrogens with zero attached hydrogens (tertiary/aromatic N) is 1. The molecule has 2 rings (SSSR count). The lowest BCUT2D eigenvalue weighted by molar-refractivity contribution is -0.150. The quantitative estimate of drug-likeness (QED) is 0.339. The van der Waals surface area contributed by atoms with Crippen LogP contribution in [0.1, 0.15) is 51.2 Å². The molecule has 0 aliphatic carbocycles. The highest BCUT2D eigenvalue weighted by Crippen LogP contribution is 2.28. The fourth-order valence-corrected chi connectivity index (χ4v) is 3.23. The van der Waals surface area contributed by atoms with E-state index in [0.29, 0.717) is 12.8 Å². The van der Waals surface area contributed by atoms with Crippen LogP contribution in [0.5, 0.6) is 0 Å². The van der Waals surface area contributed by atoms with Crippen molar-refractivity contribution >= 4 is 17.6 Å². The van der Waals surface area contributed by atoms with E-state index in [0.717, 1.165) is 30.3 Å². The Morgan fingerprint density at radius 2 is 1.73 bits per heavy atom. The molecule has 30 heavy (non-hydrogen) atoms. The molecule has 1 aliphatic heterocycles. The normalized spacial score (nSPS) is 23.3. The SMILES string of the molecule is COC(=O)CCCCCCCC(=O)OCC1OC(n2ccc(N)cc2=O)C(O)C1O. The molecule has 0 amide bonds. The van der Waals surface area contributed by atoms with Gasteiger partial charge in [0, 0.05) is 30.8 Å². The average Bonchev–Trinajstić information content (AvgIpc) is 2.99. The molecule has 10 nitrogen and oxygen atoms in total. The summed E-state index contributed by atoms with van der Waals surface area (Å²) in [5.41, 5.74) is 5.35. The van der Waals surface area contributed by atoms with Crippen molar-refractivity contribution in [1.29, 1.82) is 0 Å². The van der Waals surface area contributed by atoms with E-state index in [2.05, 4.69) is 4.74 Å². The maximum Gasteiger partial charge on any atom is 0.305 e. The van der Waals surface area contributed by atoms with Gasteiger partial charge in [0.15, 0.2) is 6.23 Å². The lowest BCUT2D eigenvalue weighted by atomic mass is 10.1. The number of rotatable bonds is 11. The molecule has 1 aromatic rings. The van der Waals surface area contributed by atoms with Gasteiger partial charge in [-0.1, -0.05) is 19.3 Å². The number of nitrogens with two attached hydrogens (primary N) is 1. The first-order valence-corrected chi connectivity index (χ1v) is 10.0. The molecular weight excluding hydrogens is 396 g/mol. The highest BCUT2D eigenvalue weighted by atomic mass is 16.6. The van der Waals surface area contributed by atoms with E-state index in [9.17, 15) is 24.6 Å². The Kier molecular flexibility index (Phi) is 9.28. The van der Waals surface area contributed by atoms with Crippen molar-refractivity contribution in [3.8, 4) is 0 Å². The van der Waals surface area contributed by atoms with Crippen LogP contribution in [0.25, 0.3) is 0 Å². The Morgan fingerprint density at radius 3 is 2.37 bits per heavy atom. The molecule has 1 aliphatic rings. The molecule has 0 spiro atoms. The Labute approximate surface area is 174 Å². The van der Waals surface area contributed by atoms with Crippen molar-refractivity contribution < 1.29 is 34.0 Å². The minimum Gasteiger partial charge on any atom is -0.469 e. The lowest BCUT2D eigenvalue weighted by Crippen LogP contribution is -2.35. The van der Waals surface area contributed by atoms with Gasteiger partial charge in [-0.15, -0.1) is 0 Å². The number of aliphatic hydroxyl groups is 2. The highest BCUT2D eigenvalue weighted by molar-refractivity contribution is 5.69. The predicted molar refractivity (Wildman–Crippen MR) is 106 cm³/mol. The van der Waals surface area contributed by atoms with Gasteiger partial charge in [-0.3, -0.25) is 19.0 Å². The van der Waals surface area contributed by atoms with Crippen LogP contribution in [0.4, 0.5) is 5.69 Å². The van der Waals surface area contributed by atoms with E-state index in [1.165, 1.54) is 25.4 Å². The van der Waals surface area contributed by atoms with E-state index >= 15 is 0 Å². The fraction of sp³-hybridized carbons (Fsp3) is 0.650. The maximum absolute atomic E-state index is 12.0. The topological polar surface area (TPSA) is 150 Å². The molecule has 0 bridgehead atoms. The Balaban J connectivity index is 1.68. The smallest absolute Gasteiger partial charge is 0.305 e. The Bertz CT molecular complexity index is 765. The van der Waals surface area contributed by atoms with Crippen LogP contribution in [0.2, 0.25) is 0 Å². The second kappa shape index (κ2) is 11.7. The van der Waals surface area contributed by atoms with Crippen molar-refractivity contribution in [3.63, 3.8) is 0 Å². The number of aliphatic hydroxyl groups excluding tert-OH is 2. The van der Waals surface area contributed by atoms with Crippen LogP contribution in [0.15, 0.2) is 23.1 Å². The summed E-state index contributed by atoms with van der Waals surface area (Å²) in [5, 5.41) is 20.4. The maximum atomic E-state index is 12.0. The summed E-state index contributed by atoms with van der Waals surface area (Å²) in [6.45, 7) is -0.226. The lowest BCUT2D eigenvalue weighted by Gasteiger charge is -2.17. The minimum absolute atomic E-state index is 0.219. The molecular formula is C20H30N2O8. The van der Waals surface area contributed by atoms with Crippen LogP contribution in [-0.4, -0.2) is 58.7 Å². The molecule has 2 heterocycles. The van der Waals surface area contributed by atoms with E-state index in [1.54, 1.807) is 0 Å². The van der Waals surface area contributed by atoms with Gasteiger partial charge in [-0.25, -0.2) is 0 Å². The average molecular weight is 426 g/mol. The number of methoxy groups -OCH3 is 1. The number of ether oxygens (including phenoxy) is 3. The summed E-state index contributed by atoms with van der Waals surface area (Å²) in [4.78, 5) is 34.9. The van der Waals surface area contributed by atoms with E-state index in [4.69, 9.17) is 15.2 Å². The summed E-state index contributed by atoms with van der Waals surface area (Å²) in [6, 6.07) is 2.66. The van der Waals surface area contributed by atoms with Crippen molar-refractivity contribution in [1.82, 2.24) is 4.57 Å². The number of carbonyl (C=O) groups excluding carboxylic acids is 2. The highest BCUT2D eigenvalue weighted by Gasteiger charge is 2.44. The van der Waals surface area contributed by atoms with Gasteiger partial charge in [-0.2, -0.15) is 0 Å². The van der Waals surface area contributed by atoms with E-state index in [-0.39, 0.29) is 24.7 Å². The van der Waals surface area contributed by atoms with Crippen molar-refractivity contribution in [2.75, 3.05) is 19.5 Å². The number of aromatic nitrogens is 1. The van der Waals surface area contributed by atoms with E-state index < -0.39 is 36.1 Å².